The fourth-order valence-corrected chi connectivity index (χ4v) is 3.62. The van der Waals surface area contributed by atoms with Gasteiger partial charge in [0, 0.05) is 44.1 Å². The lowest BCUT2D eigenvalue weighted by Gasteiger charge is -2.30. The quantitative estimate of drug-likeness (QED) is 0.506. The monoisotopic (exact) mass is 439 g/mol. The number of carboxylic acid groups (broad SMARTS) is 1. The van der Waals surface area contributed by atoms with Crippen molar-refractivity contribution >= 4 is 18.4 Å². The van der Waals surface area contributed by atoms with Crippen LogP contribution in [0.2, 0.25) is 0 Å². The van der Waals surface area contributed by atoms with E-state index in [4.69, 9.17) is 25.1 Å². The van der Waals surface area contributed by atoms with Gasteiger partial charge < -0.3 is 25.6 Å². The highest BCUT2D eigenvalue weighted by atomic mass is 16.5. The predicted octanol–water partition coefficient (Wildman–Crippen LogP) is 2.18. The van der Waals surface area contributed by atoms with Crippen LogP contribution in [-0.2, 0) is 10.2 Å². The average molecular weight is 440 g/mol. The molecule has 32 heavy (non-hydrogen) atoms. The van der Waals surface area contributed by atoms with Crippen LogP contribution in [0.3, 0.4) is 0 Å². The average Bonchev–Trinajstić information content (AvgIpc) is 3.31. The van der Waals surface area contributed by atoms with Gasteiger partial charge in [0.2, 0.25) is 11.8 Å². The van der Waals surface area contributed by atoms with E-state index in [0.29, 0.717) is 11.8 Å². The summed E-state index contributed by atoms with van der Waals surface area (Å²) in [5.74, 6) is 1.85. The first-order valence-electron chi connectivity index (χ1n) is 10.5. The molecular weight excluding hydrogens is 410 g/mol. The number of hydrogen-bond donors (Lipinski definition) is 3. The SMILES string of the molecule is CC(C)C(C)(c1ccc(-c2cnc(N)nc2)cc1)c1nc(N2CCNCC2)no1.O=CO. The minimum atomic E-state index is -0.393. The zero-order chi connectivity index (χ0) is 23.1. The van der Waals surface area contributed by atoms with Gasteiger partial charge in [-0.2, -0.15) is 4.98 Å². The Morgan fingerprint density at radius 3 is 2.31 bits per heavy atom. The van der Waals surface area contributed by atoms with Gasteiger partial charge in [0.05, 0.1) is 5.41 Å². The number of piperazine rings is 1. The number of rotatable bonds is 5. The number of benzene rings is 1. The highest BCUT2D eigenvalue weighted by Crippen LogP contribution is 2.39. The molecular formula is C22H29N7O3. The van der Waals surface area contributed by atoms with Crippen molar-refractivity contribution in [3.63, 3.8) is 0 Å². The van der Waals surface area contributed by atoms with Crippen LogP contribution < -0.4 is 16.0 Å². The van der Waals surface area contributed by atoms with Crippen molar-refractivity contribution in [1.82, 2.24) is 25.4 Å². The second-order valence-corrected chi connectivity index (χ2v) is 8.01. The molecule has 10 nitrogen and oxygen atoms in total. The molecule has 170 valence electrons. The number of nitrogens with zero attached hydrogens (tertiary/aromatic N) is 5. The molecule has 1 atom stereocenters. The molecule has 4 rings (SSSR count). The lowest BCUT2D eigenvalue weighted by atomic mass is 9.73. The summed E-state index contributed by atoms with van der Waals surface area (Å²) in [7, 11) is 0. The topological polar surface area (TPSA) is 143 Å². The number of nitrogens with two attached hydrogens (primary N) is 1. The maximum Gasteiger partial charge on any atom is 0.290 e. The molecule has 1 aliphatic rings. The van der Waals surface area contributed by atoms with Crippen molar-refractivity contribution in [2.75, 3.05) is 36.8 Å². The molecule has 0 saturated carbocycles. The smallest absolute Gasteiger partial charge is 0.290 e. The van der Waals surface area contributed by atoms with Crippen LogP contribution in [0, 0.1) is 5.92 Å². The molecule has 0 radical (unpaired) electrons. The normalized spacial score (nSPS) is 15.6. The van der Waals surface area contributed by atoms with Gasteiger partial charge in [-0.3, -0.25) is 4.79 Å². The van der Waals surface area contributed by atoms with Gasteiger partial charge in [-0.25, -0.2) is 9.97 Å². The number of nitrogens with one attached hydrogen (secondary N) is 1. The standard InChI is InChI=1S/C21H27N7O.CH2O2/c1-14(2)21(3,18-26-20(27-29-18)28-10-8-23-9-11-28)17-6-4-15(5-7-17)16-12-24-19(22)25-13-16;2-1-3/h4-7,12-14,23H,8-11H2,1-3H3,(H2,22,24,25);1H,(H,2,3). The lowest BCUT2D eigenvalue weighted by Crippen LogP contribution is -2.44. The zero-order valence-electron chi connectivity index (χ0n) is 18.5. The third kappa shape index (κ3) is 4.86. The van der Waals surface area contributed by atoms with Crippen LogP contribution in [0.15, 0.2) is 41.2 Å². The highest BCUT2D eigenvalue weighted by molar-refractivity contribution is 5.62. The van der Waals surface area contributed by atoms with E-state index in [1.54, 1.807) is 12.4 Å². The molecule has 3 aromatic rings. The Kier molecular flexibility index (Phi) is 7.37. The molecule has 0 aliphatic carbocycles. The third-order valence-electron chi connectivity index (χ3n) is 5.90. The van der Waals surface area contributed by atoms with Crippen molar-refractivity contribution < 1.29 is 14.4 Å². The van der Waals surface area contributed by atoms with Gasteiger partial charge in [-0.05, 0) is 29.1 Å². The summed E-state index contributed by atoms with van der Waals surface area (Å²) in [4.78, 5) is 23.5. The number of carbonyl (C=O) groups is 1. The van der Waals surface area contributed by atoms with Crippen molar-refractivity contribution in [3.8, 4) is 11.1 Å². The molecule has 10 heteroatoms. The van der Waals surface area contributed by atoms with Gasteiger partial charge in [0.15, 0.2) is 0 Å². The largest absolute Gasteiger partial charge is 0.483 e. The van der Waals surface area contributed by atoms with Crippen LogP contribution >= 0.6 is 0 Å². The van der Waals surface area contributed by atoms with Crippen molar-refractivity contribution in [2.45, 2.75) is 26.2 Å². The summed E-state index contributed by atoms with van der Waals surface area (Å²) in [5.41, 5.74) is 8.28. The number of anilines is 2. The summed E-state index contributed by atoms with van der Waals surface area (Å²) in [6.45, 7) is 9.90. The number of nitrogen functional groups attached to an aromatic ring is 1. The third-order valence-corrected chi connectivity index (χ3v) is 5.90. The molecule has 0 spiro atoms. The maximum atomic E-state index is 8.36. The molecule has 1 unspecified atom stereocenters. The zero-order valence-corrected chi connectivity index (χ0v) is 18.5. The van der Waals surface area contributed by atoms with Gasteiger partial charge in [-0.1, -0.05) is 38.1 Å². The van der Waals surface area contributed by atoms with Gasteiger partial charge in [0.25, 0.3) is 12.4 Å². The second kappa shape index (κ2) is 10.2. The maximum absolute atomic E-state index is 8.36. The Balaban J connectivity index is 0.000000913. The first-order valence-corrected chi connectivity index (χ1v) is 10.5. The fraction of sp³-hybridized carbons (Fsp3) is 0.409. The molecule has 3 heterocycles. The van der Waals surface area contributed by atoms with Crippen molar-refractivity contribution in [2.24, 2.45) is 5.92 Å². The Morgan fingerprint density at radius 2 is 1.75 bits per heavy atom. The Bertz CT molecular complexity index is 999. The molecule has 0 bridgehead atoms. The van der Waals surface area contributed by atoms with Crippen LogP contribution in [0.5, 0.6) is 0 Å². The summed E-state index contributed by atoms with van der Waals surface area (Å²) < 4.78 is 5.77. The van der Waals surface area contributed by atoms with E-state index in [9.17, 15) is 0 Å². The minimum Gasteiger partial charge on any atom is -0.483 e. The van der Waals surface area contributed by atoms with Crippen LogP contribution in [0.1, 0.15) is 32.2 Å². The summed E-state index contributed by atoms with van der Waals surface area (Å²) in [5, 5.41) is 14.5. The van der Waals surface area contributed by atoms with E-state index >= 15 is 0 Å². The lowest BCUT2D eigenvalue weighted by molar-refractivity contribution is -0.122. The van der Waals surface area contributed by atoms with Crippen molar-refractivity contribution in [1.29, 1.82) is 0 Å². The summed E-state index contributed by atoms with van der Waals surface area (Å²) >= 11 is 0. The summed E-state index contributed by atoms with van der Waals surface area (Å²) in [6, 6.07) is 8.36. The van der Waals surface area contributed by atoms with Crippen LogP contribution in [-0.4, -0.2) is 57.9 Å². The van der Waals surface area contributed by atoms with E-state index in [1.807, 2.05) is 0 Å². The fourth-order valence-electron chi connectivity index (χ4n) is 3.62. The van der Waals surface area contributed by atoms with E-state index in [-0.39, 0.29) is 18.3 Å². The Labute approximate surface area is 186 Å². The van der Waals surface area contributed by atoms with E-state index in [1.165, 1.54) is 0 Å². The molecule has 4 N–H and O–H groups in total. The van der Waals surface area contributed by atoms with Gasteiger partial charge in [-0.15, -0.1) is 0 Å². The Morgan fingerprint density at radius 1 is 1.16 bits per heavy atom. The molecule has 1 saturated heterocycles. The van der Waals surface area contributed by atoms with Crippen LogP contribution in [0.4, 0.5) is 11.9 Å². The van der Waals surface area contributed by atoms with Crippen molar-refractivity contribution in [3.05, 3.63) is 48.1 Å². The Hall–Kier alpha value is -3.53. The van der Waals surface area contributed by atoms with Gasteiger partial charge in [0.1, 0.15) is 0 Å². The minimum absolute atomic E-state index is 0.250. The molecule has 0 amide bonds. The highest BCUT2D eigenvalue weighted by Gasteiger charge is 2.38. The molecule has 2 aromatic heterocycles. The van der Waals surface area contributed by atoms with Crippen LogP contribution in [0.25, 0.3) is 11.1 Å². The van der Waals surface area contributed by atoms with Gasteiger partial charge >= 0.3 is 0 Å². The molecule has 1 aromatic carbocycles. The predicted molar refractivity (Wildman–Crippen MR) is 121 cm³/mol. The van der Waals surface area contributed by atoms with E-state index in [2.05, 4.69) is 70.4 Å². The van der Waals surface area contributed by atoms with E-state index < -0.39 is 5.41 Å². The second-order valence-electron chi connectivity index (χ2n) is 8.01. The molecule has 1 fully saturated rings. The first-order chi connectivity index (χ1) is 15.4. The first kappa shape index (κ1) is 23.1. The molecule has 1 aliphatic heterocycles. The summed E-state index contributed by atoms with van der Waals surface area (Å²) in [6.07, 6.45) is 3.47. The van der Waals surface area contributed by atoms with E-state index in [0.717, 1.165) is 42.9 Å². The number of aromatic nitrogens is 4. The number of hydrogen-bond acceptors (Lipinski definition) is 9.